The van der Waals surface area contributed by atoms with Crippen LogP contribution in [0.25, 0.3) is 0 Å². The molecule has 0 radical (unpaired) electrons. The number of hydrogen-bond donors (Lipinski definition) is 1. The molecule has 3 unspecified atom stereocenters. The van der Waals surface area contributed by atoms with Crippen molar-refractivity contribution in [2.75, 3.05) is 5.32 Å². The second-order valence-corrected chi connectivity index (χ2v) is 8.62. The summed E-state index contributed by atoms with van der Waals surface area (Å²) in [5.74, 6) is 2.59. The van der Waals surface area contributed by atoms with Crippen molar-refractivity contribution in [1.29, 1.82) is 0 Å². The van der Waals surface area contributed by atoms with E-state index in [2.05, 4.69) is 27.6 Å². The smallest absolute Gasteiger partial charge is 0.229 e. The summed E-state index contributed by atoms with van der Waals surface area (Å²) in [4.78, 5) is 12.4. The Balaban J connectivity index is 1.32. The Bertz CT molecular complexity index is 688. The topological polar surface area (TPSA) is 54.9 Å². The van der Waals surface area contributed by atoms with E-state index in [-0.39, 0.29) is 11.8 Å². The number of hydrogen-bond acceptors (Lipinski definition) is 5. The van der Waals surface area contributed by atoms with E-state index in [9.17, 15) is 4.79 Å². The number of aromatic nitrogens is 2. The quantitative estimate of drug-likeness (QED) is 0.652. The van der Waals surface area contributed by atoms with Crippen LogP contribution in [0.2, 0.25) is 0 Å². The molecule has 0 aliphatic heterocycles. The van der Waals surface area contributed by atoms with Crippen LogP contribution in [0.3, 0.4) is 0 Å². The standard InChI is InChI=1S/C17H19N3OS2/c21-15(14-9-12-6-7-13(14)8-12)18-16-19-20-17(23-16)22-10-11-4-2-1-3-5-11/h1-5,12-14H,6-10H2,(H,18,19,21). The molecule has 2 saturated carbocycles. The van der Waals surface area contributed by atoms with Crippen molar-refractivity contribution >= 4 is 34.1 Å². The fraction of sp³-hybridized carbons (Fsp3) is 0.471. The molecule has 4 nitrogen and oxygen atoms in total. The van der Waals surface area contributed by atoms with Gasteiger partial charge in [0.05, 0.1) is 0 Å². The third-order valence-corrected chi connectivity index (χ3v) is 6.96. The van der Waals surface area contributed by atoms with Gasteiger partial charge in [0.2, 0.25) is 11.0 Å². The molecule has 2 aliphatic rings. The monoisotopic (exact) mass is 345 g/mol. The lowest BCUT2D eigenvalue weighted by atomic mass is 9.88. The Morgan fingerprint density at radius 2 is 2.09 bits per heavy atom. The Morgan fingerprint density at radius 1 is 1.22 bits per heavy atom. The lowest BCUT2D eigenvalue weighted by Crippen LogP contribution is -2.27. The van der Waals surface area contributed by atoms with Crippen LogP contribution in [0.15, 0.2) is 34.7 Å². The molecule has 2 fully saturated rings. The third-order valence-electron chi connectivity index (χ3n) is 4.92. The average molecular weight is 345 g/mol. The average Bonchev–Trinajstić information content (AvgIpc) is 3.30. The van der Waals surface area contributed by atoms with Gasteiger partial charge in [0.25, 0.3) is 0 Å². The van der Waals surface area contributed by atoms with Crippen molar-refractivity contribution in [2.45, 2.75) is 35.8 Å². The predicted molar refractivity (Wildman–Crippen MR) is 93.5 cm³/mol. The van der Waals surface area contributed by atoms with Gasteiger partial charge in [0, 0.05) is 11.7 Å². The number of thioether (sulfide) groups is 1. The Morgan fingerprint density at radius 3 is 2.83 bits per heavy atom. The Kier molecular flexibility index (Phi) is 4.35. The summed E-state index contributed by atoms with van der Waals surface area (Å²) < 4.78 is 0.900. The van der Waals surface area contributed by atoms with Gasteiger partial charge in [-0.05, 0) is 36.7 Å². The van der Waals surface area contributed by atoms with Crippen LogP contribution in [0.4, 0.5) is 5.13 Å². The van der Waals surface area contributed by atoms with Crippen molar-refractivity contribution in [3.63, 3.8) is 0 Å². The molecular weight excluding hydrogens is 326 g/mol. The van der Waals surface area contributed by atoms with Gasteiger partial charge >= 0.3 is 0 Å². The van der Waals surface area contributed by atoms with Gasteiger partial charge in [-0.2, -0.15) is 0 Å². The first-order valence-corrected chi connectivity index (χ1v) is 9.89. The van der Waals surface area contributed by atoms with Crippen molar-refractivity contribution in [3.05, 3.63) is 35.9 Å². The molecule has 1 aromatic heterocycles. The number of fused-ring (bicyclic) bond motifs is 2. The van der Waals surface area contributed by atoms with Crippen molar-refractivity contribution in [1.82, 2.24) is 10.2 Å². The summed E-state index contributed by atoms with van der Waals surface area (Å²) in [6.07, 6.45) is 4.84. The van der Waals surface area contributed by atoms with E-state index in [4.69, 9.17) is 0 Å². The highest BCUT2D eigenvalue weighted by Gasteiger charge is 2.43. The number of nitrogens with one attached hydrogen (secondary N) is 1. The number of amides is 1. The fourth-order valence-electron chi connectivity index (χ4n) is 3.80. The number of anilines is 1. The first kappa shape index (κ1) is 15.1. The van der Waals surface area contributed by atoms with Gasteiger partial charge < -0.3 is 5.32 Å². The number of carbonyl (C=O) groups is 1. The Hall–Kier alpha value is -1.40. The van der Waals surface area contributed by atoms with Gasteiger partial charge in [-0.1, -0.05) is 59.9 Å². The molecule has 23 heavy (non-hydrogen) atoms. The van der Waals surface area contributed by atoms with Gasteiger partial charge in [-0.3, -0.25) is 4.79 Å². The van der Waals surface area contributed by atoms with Gasteiger partial charge in [-0.15, -0.1) is 10.2 Å². The fourth-order valence-corrected chi connectivity index (χ4v) is 5.51. The zero-order valence-corrected chi connectivity index (χ0v) is 14.4. The number of nitrogens with zero attached hydrogens (tertiary/aromatic N) is 2. The first-order valence-electron chi connectivity index (χ1n) is 8.09. The zero-order valence-electron chi connectivity index (χ0n) is 12.8. The number of rotatable bonds is 5. The second kappa shape index (κ2) is 6.61. The van der Waals surface area contributed by atoms with Crippen LogP contribution < -0.4 is 5.32 Å². The molecule has 120 valence electrons. The lowest BCUT2D eigenvalue weighted by molar-refractivity contribution is -0.121. The van der Waals surface area contributed by atoms with Crippen molar-refractivity contribution in [3.8, 4) is 0 Å². The minimum Gasteiger partial charge on any atom is -0.300 e. The SMILES string of the molecule is O=C(Nc1nnc(SCc2ccccc2)s1)C1CC2CCC1C2. The van der Waals surface area contributed by atoms with Crippen LogP contribution in [-0.2, 0) is 10.5 Å². The highest BCUT2D eigenvalue weighted by atomic mass is 32.2. The van der Waals surface area contributed by atoms with E-state index < -0.39 is 0 Å². The number of carbonyl (C=O) groups excluding carboxylic acids is 1. The van der Waals surface area contributed by atoms with Crippen LogP contribution in [0, 0.1) is 17.8 Å². The largest absolute Gasteiger partial charge is 0.300 e. The predicted octanol–water partition coefficient (Wildman–Crippen LogP) is 4.21. The van der Waals surface area contributed by atoms with Crippen LogP contribution in [0.1, 0.15) is 31.2 Å². The highest BCUT2D eigenvalue weighted by molar-refractivity contribution is 8.00. The summed E-state index contributed by atoms with van der Waals surface area (Å²) in [5, 5.41) is 11.9. The molecule has 2 aromatic rings. The maximum atomic E-state index is 12.4. The molecule has 3 atom stereocenters. The molecule has 0 saturated heterocycles. The van der Waals surface area contributed by atoms with E-state index in [0.29, 0.717) is 11.0 Å². The molecule has 6 heteroatoms. The normalized spacial score (nSPS) is 25.7. The first-order chi connectivity index (χ1) is 11.3. The maximum Gasteiger partial charge on any atom is 0.229 e. The van der Waals surface area contributed by atoms with E-state index in [0.717, 1.165) is 22.4 Å². The van der Waals surface area contributed by atoms with E-state index in [1.807, 2.05) is 18.2 Å². The number of benzene rings is 1. The molecule has 1 N–H and O–H groups in total. The van der Waals surface area contributed by atoms with Gasteiger partial charge in [0.15, 0.2) is 4.34 Å². The molecule has 2 bridgehead atoms. The van der Waals surface area contributed by atoms with E-state index in [1.54, 1.807) is 11.8 Å². The summed E-state index contributed by atoms with van der Waals surface area (Å²) in [5.41, 5.74) is 1.26. The van der Waals surface area contributed by atoms with Gasteiger partial charge in [0.1, 0.15) is 0 Å². The van der Waals surface area contributed by atoms with Crippen molar-refractivity contribution in [2.24, 2.45) is 17.8 Å². The highest BCUT2D eigenvalue weighted by Crippen LogP contribution is 2.48. The molecule has 2 aliphatic carbocycles. The van der Waals surface area contributed by atoms with Crippen LogP contribution >= 0.6 is 23.1 Å². The summed E-state index contributed by atoms with van der Waals surface area (Å²) in [7, 11) is 0. The second-order valence-electron chi connectivity index (χ2n) is 6.42. The third kappa shape index (κ3) is 3.43. The summed E-state index contributed by atoms with van der Waals surface area (Å²) in [6, 6.07) is 10.3. The minimum atomic E-state index is 0.146. The van der Waals surface area contributed by atoms with E-state index >= 15 is 0 Å². The maximum absolute atomic E-state index is 12.4. The molecule has 4 rings (SSSR count). The zero-order chi connectivity index (χ0) is 15.6. The van der Waals surface area contributed by atoms with Gasteiger partial charge in [-0.25, -0.2) is 0 Å². The lowest BCUT2D eigenvalue weighted by Gasteiger charge is -2.19. The molecule has 0 spiro atoms. The van der Waals surface area contributed by atoms with E-state index in [1.165, 1.54) is 36.2 Å². The molecular formula is C17H19N3OS2. The van der Waals surface area contributed by atoms with Crippen LogP contribution in [-0.4, -0.2) is 16.1 Å². The molecule has 1 aromatic carbocycles. The summed E-state index contributed by atoms with van der Waals surface area (Å²) in [6.45, 7) is 0. The minimum absolute atomic E-state index is 0.146. The molecule has 1 heterocycles. The molecule has 1 amide bonds. The van der Waals surface area contributed by atoms with Crippen molar-refractivity contribution < 1.29 is 4.79 Å². The van der Waals surface area contributed by atoms with Crippen LogP contribution in [0.5, 0.6) is 0 Å². The summed E-state index contributed by atoms with van der Waals surface area (Å²) >= 11 is 3.13. The Labute approximate surface area is 144 Å².